The van der Waals surface area contributed by atoms with Gasteiger partial charge in [-0.05, 0) is 61.9 Å². The van der Waals surface area contributed by atoms with E-state index in [1.54, 1.807) is 12.1 Å². The van der Waals surface area contributed by atoms with Crippen LogP contribution in [0.2, 0.25) is 0 Å². The number of benzene rings is 2. The maximum atomic E-state index is 13.8. The molecule has 0 amide bonds. The van der Waals surface area contributed by atoms with Gasteiger partial charge < -0.3 is 10.1 Å². The molecule has 1 atom stereocenters. The summed E-state index contributed by atoms with van der Waals surface area (Å²) >= 11 is 0. The van der Waals surface area contributed by atoms with Crippen molar-refractivity contribution in [2.75, 3.05) is 19.7 Å². The average Bonchev–Trinajstić information content (AvgIpc) is 2.58. The minimum absolute atomic E-state index is 0. The molecule has 1 N–H and O–H groups in total. The quantitative estimate of drug-likeness (QED) is 0.604. The molecule has 0 aliphatic heterocycles. The Hall–Kier alpha value is -1.42. The van der Waals surface area contributed by atoms with E-state index in [1.165, 1.54) is 42.0 Å². The second-order valence-electron chi connectivity index (χ2n) is 7.56. The molecule has 27 heavy (non-hydrogen) atoms. The largest absolute Gasteiger partial charge is 0.376 e. The van der Waals surface area contributed by atoms with E-state index in [4.69, 9.17) is 4.74 Å². The van der Waals surface area contributed by atoms with Gasteiger partial charge in [0.25, 0.3) is 0 Å². The van der Waals surface area contributed by atoms with Crippen molar-refractivity contribution in [3.05, 3.63) is 70.5 Å². The first-order valence-corrected chi connectivity index (χ1v) is 9.73. The highest BCUT2D eigenvalue weighted by Crippen LogP contribution is 2.27. The number of hydrogen-bond acceptors (Lipinski definition) is 2. The van der Waals surface area contributed by atoms with Gasteiger partial charge in [0, 0.05) is 18.0 Å². The van der Waals surface area contributed by atoms with Gasteiger partial charge >= 0.3 is 0 Å². The van der Waals surface area contributed by atoms with Crippen LogP contribution in [0.1, 0.15) is 47.4 Å². The van der Waals surface area contributed by atoms with Crippen LogP contribution in [0.3, 0.4) is 0 Å². The Kier molecular flexibility index (Phi) is 8.75. The lowest BCUT2D eigenvalue weighted by atomic mass is 9.85. The third kappa shape index (κ3) is 6.03. The first-order chi connectivity index (χ1) is 12.6. The van der Waals surface area contributed by atoms with Crippen LogP contribution in [0.5, 0.6) is 0 Å². The number of ether oxygens (including phenoxy) is 1. The van der Waals surface area contributed by atoms with E-state index < -0.39 is 0 Å². The average molecular weight is 392 g/mol. The molecule has 1 unspecified atom stereocenters. The summed E-state index contributed by atoms with van der Waals surface area (Å²) in [5.74, 6) is 0.926. The van der Waals surface area contributed by atoms with Crippen LogP contribution in [0, 0.1) is 25.6 Å². The topological polar surface area (TPSA) is 21.3 Å². The van der Waals surface area contributed by atoms with Crippen molar-refractivity contribution in [1.29, 1.82) is 0 Å². The van der Waals surface area contributed by atoms with Crippen molar-refractivity contribution < 1.29 is 9.13 Å². The van der Waals surface area contributed by atoms with Gasteiger partial charge in [0.2, 0.25) is 0 Å². The van der Waals surface area contributed by atoms with Gasteiger partial charge in [-0.1, -0.05) is 42.8 Å². The molecule has 3 rings (SSSR count). The molecule has 0 saturated heterocycles. The maximum Gasteiger partial charge on any atom is 0.128 e. The van der Waals surface area contributed by atoms with E-state index in [0.29, 0.717) is 18.8 Å². The van der Waals surface area contributed by atoms with Crippen LogP contribution in [-0.2, 0) is 11.3 Å². The molecule has 0 spiro atoms. The molecule has 1 saturated carbocycles. The Morgan fingerprint density at radius 3 is 2.41 bits per heavy atom. The van der Waals surface area contributed by atoms with Gasteiger partial charge in [-0.3, -0.25) is 0 Å². The molecule has 1 fully saturated rings. The summed E-state index contributed by atoms with van der Waals surface area (Å²) in [5.41, 5.74) is 4.59. The zero-order chi connectivity index (χ0) is 18.4. The SMILES string of the molecule is Cc1cccc(C)c1C(CNCC1CCC1)COCc1ccccc1F.Cl. The van der Waals surface area contributed by atoms with E-state index >= 15 is 0 Å². The number of rotatable bonds is 9. The second-order valence-corrected chi connectivity index (χ2v) is 7.56. The molecule has 2 nitrogen and oxygen atoms in total. The van der Waals surface area contributed by atoms with Gasteiger partial charge in [-0.15, -0.1) is 12.4 Å². The molecular weight excluding hydrogens is 361 g/mol. The minimum atomic E-state index is -0.195. The predicted molar refractivity (Wildman–Crippen MR) is 112 cm³/mol. The summed E-state index contributed by atoms with van der Waals surface area (Å²) in [6.07, 6.45) is 4.08. The van der Waals surface area contributed by atoms with Crippen molar-refractivity contribution >= 4 is 12.4 Å². The van der Waals surface area contributed by atoms with E-state index in [2.05, 4.69) is 37.4 Å². The molecule has 0 radical (unpaired) electrons. The Labute approximate surface area is 168 Å². The van der Waals surface area contributed by atoms with E-state index in [1.807, 2.05) is 6.07 Å². The molecule has 148 valence electrons. The molecule has 4 heteroatoms. The number of aryl methyl sites for hydroxylation is 2. The van der Waals surface area contributed by atoms with E-state index in [0.717, 1.165) is 19.0 Å². The highest BCUT2D eigenvalue weighted by atomic mass is 35.5. The van der Waals surface area contributed by atoms with Crippen LogP contribution in [0.4, 0.5) is 4.39 Å². The third-order valence-corrected chi connectivity index (χ3v) is 5.53. The Bertz CT molecular complexity index is 697. The minimum Gasteiger partial charge on any atom is -0.376 e. The molecule has 1 aliphatic rings. The van der Waals surface area contributed by atoms with Crippen LogP contribution in [-0.4, -0.2) is 19.7 Å². The Morgan fingerprint density at radius 1 is 1.07 bits per heavy atom. The summed E-state index contributed by atoms with van der Waals surface area (Å²) in [6.45, 7) is 7.24. The van der Waals surface area contributed by atoms with Crippen molar-refractivity contribution in [2.24, 2.45) is 5.92 Å². The lowest BCUT2D eigenvalue weighted by Gasteiger charge is -2.28. The van der Waals surface area contributed by atoms with Gasteiger partial charge in [-0.2, -0.15) is 0 Å². The highest BCUT2D eigenvalue weighted by molar-refractivity contribution is 5.85. The Balaban J connectivity index is 0.00000261. The van der Waals surface area contributed by atoms with Crippen molar-refractivity contribution in [2.45, 2.75) is 45.6 Å². The molecule has 0 heterocycles. The molecule has 0 aromatic heterocycles. The molecule has 2 aromatic carbocycles. The first kappa shape index (κ1) is 21.9. The summed E-state index contributed by atoms with van der Waals surface area (Å²) in [6, 6.07) is 13.3. The van der Waals surface area contributed by atoms with Crippen LogP contribution < -0.4 is 5.32 Å². The predicted octanol–water partition coefficient (Wildman–Crippen LogP) is 5.55. The first-order valence-electron chi connectivity index (χ1n) is 9.73. The van der Waals surface area contributed by atoms with Crippen LogP contribution in [0.15, 0.2) is 42.5 Å². The summed E-state index contributed by atoms with van der Waals surface area (Å²) in [7, 11) is 0. The lowest BCUT2D eigenvalue weighted by molar-refractivity contribution is 0.103. The number of nitrogens with one attached hydrogen (secondary N) is 1. The number of halogens is 2. The summed E-state index contributed by atoms with van der Waals surface area (Å²) in [4.78, 5) is 0. The van der Waals surface area contributed by atoms with Gasteiger partial charge in [-0.25, -0.2) is 4.39 Å². The second kappa shape index (κ2) is 10.8. The smallest absolute Gasteiger partial charge is 0.128 e. The van der Waals surface area contributed by atoms with Crippen LogP contribution >= 0.6 is 12.4 Å². The molecule has 1 aliphatic carbocycles. The van der Waals surface area contributed by atoms with E-state index in [-0.39, 0.29) is 24.1 Å². The summed E-state index contributed by atoms with van der Waals surface area (Å²) < 4.78 is 19.8. The van der Waals surface area contributed by atoms with Crippen molar-refractivity contribution in [1.82, 2.24) is 5.32 Å². The third-order valence-electron chi connectivity index (χ3n) is 5.53. The molecule has 2 aromatic rings. The monoisotopic (exact) mass is 391 g/mol. The van der Waals surface area contributed by atoms with E-state index in [9.17, 15) is 4.39 Å². The fraction of sp³-hybridized carbons (Fsp3) is 0.478. The molecular formula is C23H31ClFNO. The highest BCUT2D eigenvalue weighted by Gasteiger charge is 2.20. The zero-order valence-electron chi connectivity index (χ0n) is 16.3. The van der Waals surface area contributed by atoms with Crippen molar-refractivity contribution in [3.8, 4) is 0 Å². The molecule has 0 bridgehead atoms. The number of hydrogen-bond donors (Lipinski definition) is 1. The Morgan fingerprint density at radius 2 is 1.78 bits per heavy atom. The standard InChI is InChI=1S/C23H30FNO.ClH/c1-17-7-5-8-18(2)23(17)21(14-25-13-19-9-6-10-19)16-26-15-20-11-3-4-12-22(20)24;/h3-5,7-8,11-12,19,21,25H,6,9-10,13-16H2,1-2H3;1H. The maximum absolute atomic E-state index is 13.8. The fourth-order valence-electron chi connectivity index (χ4n) is 3.80. The lowest BCUT2D eigenvalue weighted by Crippen LogP contribution is -2.32. The van der Waals surface area contributed by atoms with Crippen LogP contribution in [0.25, 0.3) is 0 Å². The normalized spacial score (nSPS) is 15.1. The van der Waals surface area contributed by atoms with Crippen molar-refractivity contribution in [3.63, 3.8) is 0 Å². The van der Waals surface area contributed by atoms with Gasteiger partial charge in [0.15, 0.2) is 0 Å². The fourth-order valence-corrected chi connectivity index (χ4v) is 3.80. The van der Waals surface area contributed by atoms with Gasteiger partial charge in [0.05, 0.1) is 13.2 Å². The zero-order valence-corrected chi connectivity index (χ0v) is 17.2. The summed E-state index contributed by atoms with van der Waals surface area (Å²) in [5, 5.41) is 3.65. The van der Waals surface area contributed by atoms with Gasteiger partial charge in [0.1, 0.15) is 5.82 Å².